The molecule has 8 heteroatoms. The minimum Gasteiger partial charge on any atom is -0.322 e. The van der Waals surface area contributed by atoms with Crippen molar-refractivity contribution in [2.24, 2.45) is 0 Å². The number of terminal acetylenes is 1. The molecule has 29 heavy (non-hydrogen) atoms. The molecule has 0 aliphatic carbocycles. The summed E-state index contributed by atoms with van der Waals surface area (Å²) in [6.07, 6.45) is 5.35. The monoisotopic (exact) mass is 428 g/mol. The summed E-state index contributed by atoms with van der Waals surface area (Å²) in [5.74, 6) is 1.44. The maximum Gasteiger partial charge on any atom is 0.261 e. The lowest BCUT2D eigenvalue weighted by molar-refractivity contribution is 0.102. The van der Waals surface area contributed by atoms with Crippen LogP contribution in [0, 0.1) is 18.2 Å². The van der Waals surface area contributed by atoms with Crippen LogP contribution < -0.4 is 10.0 Å². The lowest BCUT2D eigenvalue weighted by Crippen LogP contribution is -2.15. The zero-order chi connectivity index (χ0) is 21.0. The molecule has 0 fully saturated rings. The number of amides is 1. The molecule has 0 saturated heterocycles. The van der Waals surface area contributed by atoms with Crippen molar-refractivity contribution in [3.8, 4) is 12.3 Å². The fraction of sp³-hybridized carbons (Fsp3) is 0. The molecule has 0 aliphatic heterocycles. The van der Waals surface area contributed by atoms with Gasteiger partial charge in [-0.05, 0) is 60.7 Å². The molecular formula is C21H14ClFN2O3S. The van der Waals surface area contributed by atoms with Crippen LogP contribution in [0.1, 0.15) is 15.9 Å². The number of anilines is 2. The highest BCUT2D eigenvalue weighted by atomic mass is 35.5. The van der Waals surface area contributed by atoms with Crippen LogP contribution in [0.4, 0.5) is 15.8 Å². The molecule has 146 valence electrons. The van der Waals surface area contributed by atoms with E-state index in [0.717, 1.165) is 24.3 Å². The second kappa shape index (κ2) is 8.35. The summed E-state index contributed by atoms with van der Waals surface area (Å²) < 4.78 is 40.3. The first-order valence-electron chi connectivity index (χ1n) is 8.24. The van der Waals surface area contributed by atoms with Gasteiger partial charge in [-0.2, -0.15) is 0 Å². The lowest BCUT2D eigenvalue weighted by Gasteiger charge is -2.12. The summed E-state index contributed by atoms with van der Waals surface area (Å²) in [4.78, 5) is 12.4. The van der Waals surface area contributed by atoms with Crippen molar-refractivity contribution >= 4 is 38.9 Å². The molecule has 5 nitrogen and oxygen atoms in total. The van der Waals surface area contributed by atoms with Crippen LogP contribution in [0.25, 0.3) is 0 Å². The number of carbonyl (C=O) groups excluding carboxylic acids is 1. The number of benzene rings is 3. The summed E-state index contributed by atoms with van der Waals surface area (Å²) in [7, 11) is -4.02. The Labute approximate surface area is 172 Å². The van der Waals surface area contributed by atoms with E-state index in [1.165, 1.54) is 18.2 Å². The van der Waals surface area contributed by atoms with Crippen molar-refractivity contribution < 1.29 is 17.6 Å². The highest BCUT2D eigenvalue weighted by molar-refractivity contribution is 7.92. The summed E-state index contributed by atoms with van der Waals surface area (Å²) in [5, 5.41) is 2.78. The normalized spacial score (nSPS) is 10.8. The maximum atomic E-state index is 13.0. The van der Waals surface area contributed by atoms with Crippen molar-refractivity contribution in [2.45, 2.75) is 4.90 Å². The number of rotatable bonds is 5. The van der Waals surface area contributed by atoms with Crippen molar-refractivity contribution in [3.05, 3.63) is 88.7 Å². The molecule has 2 N–H and O–H groups in total. The molecule has 0 radical (unpaired) electrons. The molecule has 0 unspecified atom stereocenters. The number of carbonyl (C=O) groups is 1. The molecule has 1 amide bonds. The first-order chi connectivity index (χ1) is 13.8. The second-order valence-electron chi connectivity index (χ2n) is 5.93. The van der Waals surface area contributed by atoms with E-state index in [0.29, 0.717) is 11.3 Å². The van der Waals surface area contributed by atoms with E-state index < -0.39 is 21.7 Å². The van der Waals surface area contributed by atoms with Crippen LogP contribution in [0.3, 0.4) is 0 Å². The standard InChI is InChI=1S/C21H14ClFN2O3S/c1-2-14-4-3-5-17(12-14)24-21(26)15-6-11-19(22)20(13-15)25-29(27,28)18-9-7-16(23)8-10-18/h1,3-13,25H,(H,24,26). The van der Waals surface area contributed by atoms with Gasteiger partial charge in [0, 0.05) is 16.8 Å². The molecule has 0 atom stereocenters. The third kappa shape index (κ3) is 4.93. The van der Waals surface area contributed by atoms with Crippen LogP contribution >= 0.6 is 11.6 Å². The average molecular weight is 429 g/mol. The number of halogens is 2. The molecular weight excluding hydrogens is 415 g/mol. The van der Waals surface area contributed by atoms with E-state index >= 15 is 0 Å². The fourth-order valence-electron chi connectivity index (χ4n) is 2.45. The minimum atomic E-state index is -4.02. The third-order valence-corrected chi connectivity index (χ3v) is 5.59. The van der Waals surface area contributed by atoms with Gasteiger partial charge in [-0.1, -0.05) is 23.6 Å². The van der Waals surface area contributed by atoms with E-state index in [4.69, 9.17) is 18.0 Å². The molecule has 3 rings (SSSR count). The molecule has 3 aromatic rings. The fourth-order valence-corrected chi connectivity index (χ4v) is 3.74. The van der Waals surface area contributed by atoms with E-state index in [-0.39, 0.29) is 21.2 Å². The Morgan fingerprint density at radius 1 is 1.03 bits per heavy atom. The van der Waals surface area contributed by atoms with E-state index in [9.17, 15) is 17.6 Å². The zero-order valence-corrected chi connectivity index (χ0v) is 16.4. The molecule has 3 aromatic carbocycles. The number of sulfonamides is 1. The number of hydrogen-bond acceptors (Lipinski definition) is 3. The zero-order valence-electron chi connectivity index (χ0n) is 14.8. The van der Waals surface area contributed by atoms with Crippen LogP contribution in [0.2, 0.25) is 5.02 Å². The van der Waals surface area contributed by atoms with Crippen molar-refractivity contribution in [1.29, 1.82) is 0 Å². The van der Waals surface area contributed by atoms with Gasteiger partial charge in [-0.15, -0.1) is 6.42 Å². The van der Waals surface area contributed by atoms with Gasteiger partial charge >= 0.3 is 0 Å². The van der Waals surface area contributed by atoms with Crippen LogP contribution in [0.15, 0.2) is 71.6 Å². The number of nitrogens with one attached hydrogen (secondary N) is 2. The predicted molar refractivity (Wildman–Crippen MR) is 111 cm³/mol. The van der Waals surface area contributed by atoms with Crippen molar-refractivity contribution in [1.82, 2.24) is 0 Å². The van der Waals surface area contributed by atoms with Crippen LogP contribution in [-0.2, 0) is 10.0 Å². The van der Waals surface area contributed by atoms with Gasteiger partial charge in [0.25, 0.3) is 15.9 Å². The maximum absolute atomic E-state index is 13.0. The first-order valence-corrected chi connectivity index (χ1v) is 10.1. The Morgan fingerprint density at radius 2 is 1.76 bits per heavy atom. The van der Waals surface area contributed by atoms with Gasteiger partial charge in [0.15, 0.2) is 0 Å². The molecule has 0 heterocycles. The Balaban J connectivity index is 1.85. The van der Waals surface area contributed by atoms with Gasteiger partial charge in [0.2, 0.25) is 0 Å². The van der Waals surface area contributed by atoms with E-state index in [1.54, 1.807) is 24.3 Å². The number of hydrogen-bond donors (Lipinski definition) is 2. The van der Waals surface area contributed by atoms with Crippen molar-refractivity contribution in [3.63, 3.8) is 0 Å². The Bertz CT molecular complexity index is 1220. The molecule has 0 saturated carbocycles. The van der Waals surface area contributed by atoms with Gasteiger partial charge in [-0.3, -0.25) is 9.52 Å². The van der Waals surface area contributed by atoms with Gasteiger partial charge in [0.05, 0.1) is 15.6 Å². The topological polar surface area (TPSA) is 75.3 Å². The van der Waals surface area contributed by atoms with E-state index in [1.807, 2.05) is 0 Å². The minimum absolute atomic E-state index is 0.0148. The molecule has 0 aromatic heterocycles. The molecule has 0 bridgehead atoms. The molecule has 0 spiro atoms. The van der Waals surface area contributed by atoms with Crippen molar-refractivity contribution in [2.75, 3.05) is 10.0 Å². The third-order valence-electron chi connectivity index (χ3n) is 3.88. The predicted octanol–water partition coefficient (Wildman–Crippen LogP) is 4.51. The smallest absolute Gasteiger partial charge is 0.261 e. The quantitative estimate of drug-likeness (QED) is 0.587. The van der Waals surface area contributed by atoms with Gasteiger partial charge < -0.3 is 5.32 Å². The highest BCUT2D eigenvalue weighted by Gasteiger charge is 2.17. The van der Waals surface area contributed by atoms with Crippen LogP contribution in [0.5, 0.6) is 0 Å². The summed E-state index contributed by atoms with van der Waals surface area (Å²) >= 11 is 6.08. The van der Waals surface area contributed by atoms with Gasteiger partial charge in [0.1, 0.15) is 5.82 Å². The lowest BCUT2D eigenvalue weighted by atomic mass is 10.1. The van der Waals surface area contributed by atoms with E-state index in [2.05, 4.69) is 16.0 Å². The average Bonchev–Trinajstić information content (AvgIpc) is 2.70. The first kappa shape index (κ1) is 20.4. The Morgan fingerprint density at radius 3 is 2.45 bits per heavy atom. The van der Waals surface area contributed by atoms with Crippen LogP contribution in [-0.4, -0.2) is 14.3 Å². The summed E-state index contributed by atoms with van der Waals surface area (Å²) in [6, 6.07) is 15.2. The summed E-state index contributed by atoms with van der Waals surface area (Å²) in [5.41, 5.74) is 1.29. The molecule has 0 aliphatic rings. The second-order valence-corrected chi connectivity index (χ2v) is 8.02. The summed E-state index contributed by atoms with van der Waals surface area (Å²) in [6.45, 7) is 0. The van der Waals surface area contributed by atoms with Gasteiger partial charge in [-0.25, -0.2) is 12.8 Å². The SMILES string of the molecule is C#Cc1cccc(NC(=O)c2ccc(Cl)c(NS(=O)(=O)c3ccc(F)cc3)c2)c1. The Kier molecular flexibility index (Phi) is 5.87. The Hall–Kier alpha value is -3.34. The highest BCUT2D eigenvalue weighted by Crippen LogP contribution is 2.26. The largest absolute Gasteiger partial charge is 0.322 e.